The summed E-state index contributed by atoms with van der Waals surface area (Å²) in [4.78, 5) is 21.9. The second-order valence-corrected chi connectivity index (χ2v) is 4.28. The van der Waals surface area contributed by atoms with Crippen LogP contribution in [-0.2, 0) is 14.3 Å². The third kappa shape index (κ3) is 1.87. The topological polar surface area (TPSA) is 83.8 Å². The van der Waals surface area contributed by atoms with Crippen LogP contribution in [0.25, 0.3) is 0 Å². The van der Waals surface area contributed by atoms with Gasteiger partial charge in [0.25, 0.3) is 0 Å². The highest BCUT2D eigenvalue weighted by Crippen LogP contribution is 2.43. The maximum Gasteiger partial charge on any atom is 0.334 e. The maximum absolute atomic E-state index is 11.0. The van der Waals surface area contributed by atoms with E-state index < -0.39 is 23.5 Å². The van der Waals surface area contributed by atoms with E-state index in [1.807, 2.05) is 0 Å². The first-order valence-corrected chi connectivity index (χ1v) is 4.53. The molecule has 0 aromatic carbocycles. The zero-order valence-electron chi connectivity index (χ0n) is 8.90. The summed E-state index contributed by atoms with van der Waals surface area (Å²) in [5.74, 6) is -2.40. The molecule has 1 rings (SSSR count). The molecular weight excluding hydrogens is 200 g/mol. The van der Waals surface area contributed by atoms with Gasteiger partial charge in [0.15, 0.2) is 0 Å². The van der Waals surface area contributed by atoms with Gasteiger partial charge in [0.2, 0.25) is 0 Å². The van der Waals surface area contributed by atoms with Crippen molar-refractivity contribution in [2.75, 3.05) is 7.11 Å². The Morgan fingerprint density at radius 3 is 2.20 bits per heavy atom. The molecule has 0 radical (unpaired) electrons. The van der Waals surface area contributed by atoms with Crippen LogP contribution in [0.2, 0.25) is 0 Å². The average Bonchev–Trinajstić information content (AvgIpc) is 2.36. The van der Waals surface area contributed by atoms with Gasteiger partial charge in [0.05, 0.1) is 17.3 Å². The number of aliphatic carboxylic acids is 2. The summed E-state index contributed by atoms with van der Waals surface area (Å²) in [6.45, 7) is 3.58. The first-order valence-electron chi connectivity index (χ1n) is 4.53. The van der Waals surface area contributed by atoms with Crippen LogP contribution in [0, 0.1) is 5.41 Å². The minimum Gasteiger partial charge on any atom is -0.478 e. The van der Waals surface area contributed by atoms with Crippen molar-refractivity contribution in [3.8, 4) is 0 Å². The number of carboxylic acids is 2. The number of hydrogen-bond acceptors (Lipinski definition) is 3. The van der Waals surface area contributed by atoms with Crippen LogP contribution in [0.15, 0.2) is 11.1 Å². The molecule has 0 amide bonds. The van der Waals surface area contributed by atoms with Crippen LogP contribution >= 0.6 is 0 Å². The minimum atomic E-state index is -1.22. The number of ether oxygens (including phenoxy) is 1. The van der Waals surface area contributed by atoms with E-state index in [1.165, 1.54) is 7.11 Å². The number of carbonyl (C=O) groups is 2. The normalized spacial score (nSPS) is 24.3. The first kappa shape index (κ1) is 11.7. The van der Waals surface area contributed by atoms with Gasteiger partial charge in [-0.05, 0) is 11.8 Å². The van der Waals surface area contributed by atoms with E-state index in [0.717, 1.165) is 0 Å². The van der Waals surface area contributed by atoms with Crippen LogP contribution in [0.5, 0.6) is 0 Å². The van der Waals surface area contributed by atoms with E-state index >= 15 is 0 Å². The zero-order valence-corrected chi connectivity index (χ0v) is 8.90. The van der Waals surface area contributed by atoms with Crippen molar-refractivity contribution in [3.05, 3.63) is 11.1 Å². The Kier molecular flexibility index (Phi) is 2.86. The quantitative estimate of drug-likeness (QED) is 0.729. The lowest BCUT2D eigenvalue weighted by Gasteiger charge is -2.26. The predicted octanol–water partition coefficient (Wildman–Crippen LogP) is 0.897. The third-order valence-corrected chi connectivity index (χ3v) is 2.65. The molecule has 2 N–H and O–H groups in total. The summed E-state index contributed by atoms with van der Waals surface area (Å²) in [5, 5.41) is 17.9. The average molecular weight is 214 g/mol. The fourth-order valence-electron chi connectivity index (χ4n) is 2.06. The van der Waals surface area contributed by atoms with Crippen molar-refractivity contribution in [2.24, 2.45) is 5.41 Å². The van der Waals surface area contributed by atoms with E-state index in [9.17, 15) is 9.59 Å². The molecule has 0 aromatic rings. The van der Waals surface area contributed by atoms with Crippen molar-refractivity contribution < 1.29 is 24.5 Å². The Morgan fingerprint density at radius 1 is 1.33 bits per heavy atom. The van der Waals surface area contributed by atoms with Gasteiger partial charge in [-0.3, -0.25) is 0 Å². The number of methoxy groups -OCH3 is 1. The Balaban J connectivity index is 3.24. The Morgan fingerprint density at radius 2 is 1.87 bits per heavy atom. The van der Waals surface area contributed by atoms with E-state index in [0.29, 0.717) is 0 Å². The molecule has 1 aliphatic rings. The van der Waals surface area contributed by atoms with Gasteiger partial charge >= 0.3 is 11.9 Å². The Hall–Kier alpha value is -1.36. The molecule has 84 valence electrons. The fourth-order valence-corrected chi connectivity index (χ4v) is 2.06. The third-order valence-electron chi connectivity index (χ3n) is 2.65. The number of carboxylic acid groups (broad SMARTS) is 2. The lowest BCUT2D eigenvalue weighted by molar-refractivity contribution is -0.136. The second kappa shape index (κ2) is 3.66. The van der Waals surface area contributed by atoms with E-state index in [1.54, 1.807) is 13.8 Å². The predicted molar refractivity (Wildman–Crippen MR) is 51.5 cm³/mol. The van der Waals surface area contributed by atoms with Gasteiger partial charge in [0, 0.05) is 7.11 Å². The summed E-state index contributed by atoms with van der Waals surface area (Å²) >= 11 is 0. The molecule has 1 atom stereocenters. The Labute approximate surface area is 87.4 Å². The van der Waals surface area contributed by atoms with Gasteiger partial charge in [-0.2, -0.15) is 0 Å². The molecule has 5 nitrogen and oxygen atoms in total. The van der Waals surface area contributed by atoms with Gasteiger partial charge in [-0.15, -0.1) is 0 Å². The van der Waals surface area contributed by atoms with E-state index in [-0.39, 0.29) is 17.6 Å². The molecule has 0 aromatic heterocycles. The van der Waals surface area contributed by atoms with E-state index in [2.05, 4.69) is 0 Å². The minimum absolute atomic E-state index is 0.0562. The molecule has 0 saturated carbocycles. The monoisotopic (exact) mass is 214 g/mol. The summed E-state index contributed by atoms with van der Waals surface area (Å²) in [7, 11) is 1.39. The van der Waals surface area contributed by atoms with Gasteiger partial charge in [-0.25, -0.2) is 9.59 Å². The molecule has 15 heavy (non-hydrogen) atoms. The standard InChI is InChI=1S/C10H14O5/c1-10(2)4-5(8(11)12)6(9(13)14)7(10)15-3/h7H,4H2,1-3H3,(H,11,12)(H,13,14). The second-order valence-electron chi connectivity index (χ2n) is 4.28. The van der Waals surface area contributed by atoms with Gasteiger partial charge < -0.3 is 14.9 Å². The largest absolute Gasteiger partial charge is 0.478 e. The van der Waals surface area contributed by atoms with Crippen LogP contribution in [0.1, 0.15) is 20.3 Å². The first-order chi connectivity index (χ1) is 6.81. The summed E-state index contributed by atoms with van der Waals surface area (Å²) in [6, 6.07) is 0. The number of rotatable bonds is 3. The van der Waals surface area contributed by atoms with Crippen molar-refractivity contribution >= 4 is 11.9 Å². The van der Waals surface area contributed by atoms with E-state index in [4.69, 9.17) is 14.9 Å². The van der Waals surface area contributed by atoms with Crippen molar-refractivity contribution in [2.45, 2.75) is 26.4 Å². The fraction of sp³-hybridized carbons (Fsp3) is 0.600. The number of hydrogen-bond donors (Lipinski definition) is 2. The molecule has 0 aliphatic heterocycles. The molecule has 0 bridgehead atoms. The highest BCUT2D eigenvalue weighted by molar-refractivity contribution is 6.01. The highest BCUT2D eigenvalue weighted by Gasteiger charge is 2.46. The van der Waals surface area contributed by atoms with Crippen LogP contribution in [0.4, 0.5) is 0 Å². The highest BCUT2D eigenvalue weighted by atomic mass is 16.5. The van der Waals surface area contributed by atoms with Crippen molar-refractivity contribution in [3.63, 3.8) is 0 Å². The SMILES string of the molecule is COC1C(C(=O)O)=C(C(=O)O)CC1(C)C. The molecule has 0 saturated heterocycles. The zero-order chi connectivity index (χ0) is 11.8. The van der Waals surface area contributed by atoms with Crippen molar-refractivity contribution in [1.29, 1.82) is 0 Å². The van der Waals surface area contributed by atoms with Gasteiger partial charge in [-0.1, -0.05) is 13.8 Å². The maximum atomic E-state index is 11.0. The molecular formula is C10H14O5. The summed E-state index contributed by atoms with van der Waals surface area (Å²) < 4.78 is 5.08. The molecule has 0 heterocycles. The summed E-state index contributed by atoms with van der Waals surface area (Å²) in [5.41, 5.74) is -0.676. The van der Waals surface area contributed by atoms with Gasteiger partial charge in [0.1, 0.15) is 0 Å². The lowest BCUT2D eigenvalue weighted by Crippen LogP contribution is -2.30. The molecule has 1 aliphatic carbocycles. The smallest absolute Gasteiger partial charge is 0.334 e. The summed E-state index contributed by atoms with van der Waals surface area (Å²) in [6.07, 6.45) is -0.455. The molecule has 0 spiro atoms. The van der Waals surface area contributed by atoms with Crippen LogP contribution in [-0.4, -0.2) is 35.4 Å². The van der Waals surface area contributed by atoms with Crippen molar-refractivity contribution in [1.82, 2.24) is 0 Å². The Bertz CT molecular complexity index is 340. The molecule has 1 unspecified atom stereocenters. The molecule has 5 heteroatoms. The lowest BCUT2D eigenvalue weighted by atomic mass is 9.86. The van der Waals surface area contributed by atoms with Crippen LogP contribution < -0.4 is 0 Å². The molecule has 0 fully saturated rings. The van der Waals surface area contributed by atoms with Crippen LogP contribution in [0.3, 0.4) is 0 Å².